The standard InChI is InChI=1S/C11H10ClNO3/c1-11(16-6-14)8-4-3-7(12)5-9(8)13(2)10(11)15/h3-6H,1-2H3/t11-/m1/s1. The third-order valence-corrected chi connectivity index (χ3v) is 3.07. The van der Waals surface area contributed by atoms with Gasteiger partial charge in [0, 0.05) is 17.6 Å². The van der Waals surface area contributed by atoms with Crippen molar-refractivity contribution in [2.24, 2.45) is 0 Å². The van der Waals surface area contributed by atoms with E-state index in [9.17, 15) is 9.59 Å². The van der Waals surface area contributed by atoms with Crippen molar-refractivity contribution in [3.63, 3.8) is 0 Å². The summed E-state index contributed by atoms with van der Waals surface area (Å²) in [7, 11) is 1.62. The Morgan fingerprint density at radius 2 is 2.19 bits per heavy atom. The predicted octanol–water partition coefficient (Wildman–Crippen LogP) is 1.70. The summed E-state index contributed by atoms with van der Waals surface area (Å²) >= 11 is 5.86. The molecule has 1 aliphatic heterocycles. The molecule has 1 atom stereocenters. The predicted molar refractivity (Wildman–Crippen MR) is 59.4 cm³/mol. The van der Waals surface area contributed by atoms with Crippen molar-refractivity contribution in [3.8, 4) is 0 Å². The number of nitrogens with zero attached hydrogens (tertiary/aromatic N) is 1. The molecule has 0 fully saturated rings. The smallest absolute Gasteiger partial charge is 0.294 e. The van der Waals surface area contributed by atoms with E-state index in [4.69, 9.17) is 16.3 Å². The highest BCUT2D eigenvalue weighted by Crippen LogP contribution is 2.42. The molecule has 16 heavy (non-hydrogen) atoms. The molecule has 4 nitrogen and oxygen atoms in total. The second-order valence-electron chi connectivity index (χ2n) is 3.77. The fourth-order valence-electron chi connectivity index (χ4n) is 1.94. The van der Waals surface area contributed by atoms with Gasteiger partial charge < -0.3 is 9.64 Å². The van der Waals surface area contributed by atoms with E-state index in [0.717, 1.165) is 0 Å². The highest BCUT2D eigenvalue weighted by atomic mass is 35.5. The lowest BCUT2D eigenvalue weighted by Crippen LogP contribution is -2.38. The summed E-state index contributed by atoms with van der Waals surface area (Å²) in [6.07, 6.45) is 0. The van der Waals surface area contributed by atoms with Gasteiger partial charge in [0.15, 0.2) is 0 Å². The number of carbonyl (C=O) groups is 2. The Balaban J connectivity index is 2.62. The van der Waals surface area contributed by atoms with Gasteiger partial charge in [0.1, 0.15) is 0 Å². The maximum atomic E-state index is 12.0. The van der Waals surface area contributed by atoms with Crippen LogP contribution in [0.1, 0.15) is 12.5 Å². The third kappa shape index (κ3) is 1.30. The highest BCUT2D eigenvalue weighted by Gasteiger charge is 2.48. The van der Waals surface area contributed by atoms with E-state index in [1.54, 1.807) is 32.2 Å². The molecule has 1 heterocycles. The van der Waals surface area contributed by atoms with Gasteiger partial charge in [-0.15, -0.1) is 0 Å². The fourth-order valence-corrected chi connectivity index (χ4v) is 2.11. The fraction of sp³-hybridized carbons (Fsp3) is 0.273. The molecule has 0 bridgehead atoms. The molecule has 0 aromatic heterocycles. The number of hydrogen-bond acceptors (Lipinski definition) is 3. The van der Waals surface area contributed by atoms with Crippen molar-refractivity contribution in [2.75, 3.05) is 11.9 Å². The maximum Gasteiger partial charge on any atom is 0.294 e. The second kappa shape index (κ2) is 3.49. The molecular weight excluding hydrogens is 230 g/mol. The topological polar surface area (TPSA) is 46.6 Å². The molecular formula is C11H10ClNO3. The number of rotatable bonds is 2. The minimum absolute atomic E-state index is 0.281. The van der Waals surface area contributed by atoms with Crippen molar-refractivity contribution in [3.05, 3.63) is 28.8 Å². The first-order valence-electron chi connectivity index (χ1n) is 4.70. The summed E-state index contributed by atoms with van der Waals surface area (Å²) in [5, 5.41) is 0.536. The maximum absolute atomic E-state index is 12.0. The Bertz CT molecular complexity index is 474. The Hall–Kier alpha value is -1.55. The molecule has 1 amide bonds. The van der Waals surface area contributed by atoms with Gasteiger partial charge in [-0.25, -0.2) is 0 Å². The molecule has 1 aromatic rings. The van der Waals surface area contributed by atoms with E-state index in [1.165, 1.54) is 4.90 Å². The molecule has 0 spiro atoms. The van der Waals surface area contributed by atoms with Crippen LogP contribution in [0.15, 0.2) is 18.2 Å². The molecule has 0 N–H and O–H groups in total. The summed E-state index contributed by atoms with van der Waals surface area (Å²) in [4.78, 5) is 23.9. The van der Waals surface area contributed by atoms with E-state index in [-0.39, 0.29) is 12.4 Å². The van der Waals surface area contributed by atoms with Gasteiger partial charge in [0.05, 0.1) is 5.69 Å². The number of benzene rings is 1. The van der Waals surface area contributed by atoms with Crippen molar-refractivity contribution in [1.29, 1.82) is 0 Å². The molecule has 0 aliphatic carbocycles. The Morgan fingerprint density at radius 1 is 1.50 bits per heavy atom. The van der Waals surface area contributed by atoms with Crippen LogP contribution < -0.4 is 4.90 Å². The lowest BCUT2D eigenvalue weighted by atomic mass is 9.98. The van der Waals surface area contributed by atoms with Gasteiger partial charge in [0.2, 0.25) is 5.60 Å². The summed E-state index contributed by atoms with van der Waals surface area (Å²) in [6.45, 7) is 1.86. The number of anilines is 1. The monoisotopic (exact) mass is 239 g/mol. The number of carbonyl (C=O) groups excluding carboxylic acids is 2. The van der Waals surface area contributed by atoms with E-state index in [0.29, 0.717) is 16.3 Å². The first-order chi connectivity index (χ1) is 7.50. The van der Waals surface area contributed by atoms with Gasteiger partial charge in [-0.05, 0) is 19.1 Å². The van der Waals surface area contributed by atoms with E-state index in [2.05, 4.69) is 0 Å². The summed E-state index contributed by atoms with van der Waals surface area (Å²) in [5.74, 6) is -0.281. The average molecular weight is 240 g/mol. The normalized spacial score (nSPS) is 23.2. The first-order valence-corrected chi connectivity index (χ1v) is 5.08. The van der Waals surface area contributed by atoms with Crippen LogP contribution in [-0.4, -0.2) is 19.4 Å². The lowest BCUT2D eigenvalue weighted by molar-refractivity contribution is -0.154. The molecule has 0 radical (unpaired) electrons. The lowest BCUT2D eigenvalue weighted by Gasteiger charge is -2.20. The van der Waals surface area contributed by atoms with Gasteiger partial charge in [0.25, 0.3) is 12.4 Å². The van der Waals surface area contributed by atoms with Crippen molar-refractivity contribution >= 4 is 29.7 Å². The molecule has 0 saturated heterocycles. The van der Waals surface area contributed by atoms with E-state index >= 15 is 0 Å². The van der Waals surface area contributed by atoms with E-state index in [1.807, 2.05) is 0 Å². The minimum Gasteiger partial charge on any atom is -0.446 e. The zero-order valence-electron chi connectivity index (χ0n) is 8.86. The molecule has 0 unspecified atom stereocenters. The van der Waals surface area contributed by atoms with Crippen LogP contribution in [0.3, 0.4) is 0 Å². The Morgan fingerprint density at radius 3 is 2.81 bits per heavy atom. The molecule has 5 heteroatoms. The van der Waals surface area contributed by atoms with Gasteiger partial charge in [-0.3, -0.25) is 9.59 Å². The number of hydrogen-bond donors (Lipinski definition) is 0. The van der Waals surface area contributed by atoms with Gasteiger partial charge in [-0.2, -0.15) is 0 Å². The molecule has 0 saturated carbocycles. The first kappa shape index (κ1) is 11.0. The van der Waals surface area contributed by atoms with Gasteiger partial charge >= 0.3 is 0 Å². The number of halogens is 1. The van der Waals surface area contributed by atoms with Crippen LogP contribution in [0.25, 0.3) is 0 Å². The molecule has 1 aliphatic rings. The van der Waals surface area contributed by atoms with Crippen LogP contribution in [-0.2, 0) is 19.9 Å². The molecule has 84 valence electrons. The van der Waals surface area contributed by atoms with Crippen molar-refractivity contribution in [2.45, 2.75) is 12.5 Å². The van der Waals surface area contributed by atoms with Gasteiger partial charge in [-0.1, -0.05) is 17.7 Å². The van der Waals surface area contributed by atoms with Crippen LogP contribution in [0.5, 0.6) is 0 Å². The van der Waals surface area contributed by atoms with Crippen LogP contribution in [0.2, 0.25) is 5.02 Å². The number of likely N-dealkylation sites (N-methyl/N-ethyl adjacent to an activating group) is 1. The zero-order chi connectivity index (χ0) is 11.9. The Kier molecular flexibility index (Phi) is 2.39. The average Bonchev–Trinajstić information content (AvgIpc) is 2.42. The highest BCUT2D eigenvalue weighted by molar-refractivity contribution is 6.31. The van der Waals surface area contributed by atoms with E-state index < -0.39 is 5.60 Å². The van der Waals surface area contributed by atoms with Crippen LogP contribution in [0, 0.1) is 0 Å². The van der Waals surface area contributed by atoms with Crippen molar-refractivity contribution in [1.82, 2.24) is 0 Å². The summed E-state index contributed by atoms with van der Waals surface area (Å²) in [5.41, 5.74) is 0.0783. The van der Waals surface area contributed by atoms with Crippen LogP contribution >= 0.6 is 11.6 Å². The summed E-state index contributed by atoms with van der Waals surface area (Å²) < 4.78 is 4.92. The number of ether oxygens (including phenoxy) is 1. The molecule has 1 aromatic carbocycles. The largest absolute Gasteiger partial charge is 0.446 e. The van der Waals surface area contributed by atoms with Crippen molar-refractivity contribution < 1.29 is 14.3 Å². The molecule has 2 rings (SSSR count). The Labute approximate surface area is 97.7 Å². The third-order valence-electron chi connectivity index (χ3n) is 2.83. The van der Waals surface area contributed by atoms with Crippen LogP contribution in [0.4, 0.5) is 5.69 Å². The number of fused-ring (bicyclic) bond motifs is 1. The second-order valence-corrected chi connectivity index (χ2v) is 4.21. The quantitative estimate of drug-likeness (QED) is 0.738. The minimum atomic E-state index is -1.24. The summed E-state index contributed by atoms with van der Waals surface area (Å²) in [6, 6.07) is 5.04. The number of amides is 1. The SMILES string of the molecule is CN1C(=O)[C@](C)(OC=O)c2ccc(Cl)cc21. The zero-order valence-corrected chi connectivity index (χ0v) is 9.62.